The quantitative estimate of drug-likeness (QED) is 0.350. The molecule has 136 valence electrons. The molecule has 0 aliphatic carbocycles. The Morgan fingerprint density at radius 3 is 2.59 bits per heavy atom. The average molecular weight is 401 g/mol. The molecule has 0 saturated carbocycles. The van der Waals surface area contributed by atoms with Gasteiger partial charge in [-0.05, 0) is 48.1 Å². The fourth-order valence-corrected chi connectivity index (χ4v) is 3.41. The van der Waals surface area contributed by atoms with E-state index in [2.05, 4.69) is 5.43 Å². The molecule has 2 aromatic rings. The van der Waals surface area contributed by atoms with Crippen molar-refractivity contribution >= 4 is 51.9 Å². The van der Waals surface area contributed by atoms with E-state index in [0.717, 1.165) is 16.8 Å². The molecule has 3 rings (SSSR count). The van der Waals surface area contributed by atoms with Crippen LogP contribution in [0.4, 0.5) is 5.69 Å². The molecule has 0 radical (unpaired) electrons. The molecule has 1 heterocycles. The highest BCUT2D eigenvalue weighted by molar-refractivity contribution is 8.26. The number of non-ortho nitro benzene ring substituents is 1. The van der Waals surface area contributed by atoms with E-state index < -0.39 is 16.7 Å². The van der Waals surface area contributed by atoms with E-state index in [-0.39, 0.29) is 26.2 Å². The molecule has 2 N–H and O–H groups in total. The lowest BCUT2D eigenvalue weighted by molar-refractivity contribution is -0.384. The van der Waals surface area contributed by atoms with Gasteiger partial charge in [0.15, 0.2) is 4.32 Å². The molecule has 0 spiro atoms. The van der Waals surface area contributed by atoms with E-state index in [1.165, 1.54) is 36.4 Å². The summed E-state index contributed by atoms with van der Waals surface area (Å²) >= 11 is 6.14. The van der Waals surface area contributed by atoms with Crippen LogP contribution in [0.15, 0.2) is 53.4 Å². The molecule has 1 saturated heterocycles. The van der Waals surface area contributed by atoms with Crippen LogP contribution in [-0.4, -0.2) is 31.2 Å². The number of hydrogen-bond donors (Lipinski definition) is 2. The van der Waals surface area contributed by atoms with Crippen LogP contribution in [0.5, 0.6) is 5.75 Å². The zero-order chi connectivity index (χ0) is 19.6. The number of thioether (sulfide) groups is 1. The number of aromatic hydroxyl groups is 1. The number of nitro benzene ring substituents is 1. The van der Waals surface area contributed by atoms with Crippen molar-refractivity contribution in [2.45, 2.75) is 0 Å². The summed E-state index contributed by atoms with van der Waals surface area (Å²) in [5.74, 6) is -1.07. The van der Waals surface area contributed by atoms with E-state index in [9.17, 15) is 24.8 Å². The number of carbonyl (C=O) groups excluding carboxylic acids is 2. The minimum absolute atomic E-state index is 0.0608. The van der Waals surface area contributed by atoms with Gasteiger partial charge in [-0.3, -0.25) is 25.1 Å². The molecular weight excluding hydrogens is 390 g/mol. The summed E-state index contributed by atoms with van der Waals surface area (Å²) in [6.07, 6.45) is 1.55. The normalized spacial score (nSPS) is 15.3. The largest absolute Gasteiger partial charge is 0.508 e. The Labute approximate surface area is 162 Å². The number of nitro groups is 1. The number of benzene rings is 2. The van der Waals surface area contributed by atoms with E-state index in [1.54, 1.807) is 18.2 Å². The maximum absolute atomic E-state index is 12.5. The van der Waals surface area contributed by atoms with Crippen molar-refractivity contribution in [1.29, 1.82) is 0 Å². The summed E-state index contributed by atoms with van der Waals surface area (Å²) in [4.78, 5) is 35.2. The highest BCUT2D eigenvalue weighted by Gasteiger charge is 2.33. The summed E-state index contributed by atoms with van der Waals surface area (Å²) in [5.41, 5.74) is 3.00. The van der Waals surface area contributed by atoms with Crippen LogP contribution >= 0.6 is 24.0 Å². The van der Waals surface area contributed by atoms with Gasteiger partial charge in [0.05, 0.1) is 9.83 Å². The van der Waals surface area contributed by atoms with E-state index in [0.29, 0.717) is 5.56 Å². The first-order valence-electron chi connectivity index (χ1n) is 7.47. The van der Waals surface area contributed by atoms with Gasteiger partial charge in [0.2, 0.25) is 0 Å². The molecule has 0 atom stereocenters. The highest BCUT2D eigenvalue weighted by atomic mass is 32.2. The van der Waals surface area contributed by atoms with Gasteiger partial charge >= 0.3 is 0 Å². The van der Waals surface area contributed by atoms with Crippen molar-refractivity contribution < 1.29 is 19.6 Å². The molecule has 0 unspecified atom stereocenters. The summed E-state index contributed by atoms with van der Waals surface area (Å²) < 4.78 is 0.140. The van der Waals surface area contributed by atoms with Gasteiger partial charge in [0, 0.05) is 17.7 Å². The predicted molar refractivity (Wildman–Crippen MR) is 104 cm³/mol. The molecule has 1 aliphatic rings. The third-order valence-corrected chi connectivity index (χ3v) is 4.82. The number of thiocarbonyl (C=S) groups is 1. The maximum atomic E-state index is 12.5. The second kappa shape index (κ2) is 7.56. The third kappa shape index (κ3) is 4.13. The molecule has 27 heavy (non-hydrogen) atoms. The predicted octanol–water partition coefficient (Wildman–Crippen LogP) is 2.85. The zero-order valence-electron chi connectivity index (χ0n) is 13.5. The first-order chi connectivity index (χ1) is 12.8. The number of hydrazine groups is 1. The van der Waals surface area contributed by atoms with Crippen LogP contribution in [-0.2, 0) is 4.79 Å². The van der Waals surface area contributed by atoms with Crippen LogP contribution in [0, 0.1) is 10.1 Å². The van der Waals surface area contributed by atoms with Crippen molar-refractivity contribution in [3.8, 4) is 5.75 Å². The molecule has 2 amide bonds. The Bertz CT molecular complexity index is 988. The summed E-state index contributed by atoms with van der Waals surface area (Å²) in [7, 11) is 0. The lowest BCUT2D eigenvalue weighted by atomic mass is 10.2. The van der Waals surface area contributed by atoms with Crippen LogP contribution in [0.3, 0.4) is 0 Å². The van der Waals surface area contributed by atoms with E-state index in [4.69, 9.17) is 12.2 Å². The standard InChI is InChI=1S/C17H11N3O5S2/c21-13-3-1-2-10(8-13)9-14-16(23)19(17(26)27-14)18-15(22)11-4-6-12(7-5-11)20(24)25/h1-9,21H,(H,18,22). The molecule has 0 aromatic heterocycles. The molecule has 0 bridgehead atoms. The Hall–Kier alpha value is -3.24. The maximum Gasteiger partial charge on any atom is 0.285 e. The Morgan fingerprint density at radius 1 is 1.26 bits per heavy atom. The Balaban J connectivity index is 1.75. The first-order valence-corrected chi connectivity index (χ1v) is 8.70. The van der Waals surface area contributed by atoms with Crippen molar-refractivity contribution in [2.75, 3.05) is 0 Å². The first kappa shape index (κ1) is 18.5. The molecule has 8 nitrogen and oxygen atoms in total. The smallest absolute Gasteiger partial charge is 0.285 e. The van der Waals surface area contributed by atoms with Gasteiger partial charge < -0.3 is 5.11 Å². The lowest BCUT2D eigenvalue weighted by Crippen LogP contribution is -2.44. The molecular formula is C17H11N3O5S2. The number of rotatable bonds is 4. The number of carbonyl (C=O) groups is 2. The zero-order valence-corrected chi connectivity index (χ0v) is 15.1. The monoisotopic (exact) mass is 401 g/mol. The van der Waals surface area contributed by atoms with Crippen LogP contribution in [0.2, 0.25) is 0 Å². The van der Waals surface area contributed by atoms with Crippen LogP contribution < -0.4 is 5.43 Å². The van der Waals surface area contributed by atoms with Crippen molar-refractivity contribution in [2.24, 2.45) is 0 Å². The van der Waals surface area contributed by atoms with Gasteiger partial charge in [-0.1, -0.05) is 23.9 Å². The fourth-order valence-electron chi connectivity index (χ4n) is 2.23. The van der Waals surface area contributed by atoms with E-state index in [1.807, 2.05) is 0 Å². The van der Waals surface area contributed by atoms with Gasteiger partial charge in [0.25, 0.3) is 17.5 Å². The Kier molecular flexibility index (Phi) is 5.19. The number of phenolic OH excluding ortho intramolecular Hbond substituents is 1. The lowest BCUT2D eigenvalue weighted by Gasteiger charge is -2.15. The second-order valence-electron chi connectivity index (χ2n) is 5.36. The molecule has 10 heteroatoms. The van der Waals surface area contributed by atoms with Crippen LogP contribution in [0.1, 0.15) is 15.9 Å². The number of phenols is 1. The molecule has 1 aliphatic heterocycles. The van der Waals surface area contributed by atoms with Gasteiger partial charge in [-0.15, -0.1) is 0 Å². The topological polar surface area (TPSA) is 113 Å². The minimum Gasteiger partial charge on any atom is -0.508 e. The van der Waals surface area contributed by atoms with E-state index >= 15 is 0 Å². The summed E-state index contributed by atoms with van der Waals surface area (Å²) in [6.45, 7) is 0. The van der Waals surface area contributed by atoms with Gasteiger partial charge in [-0.25, -0.2) is 0 Å². The third-order valence-electron chi connectivity index (χ3n) is 3.52. The number of nitrogens with zero attached hydrogens (tertiary/aromatic N) is 2. The highest BCUT2D eigenvalue weighted by Crippen LogP contribution is 2.32. The number of hydrogen-bond acceptors (Lipinski definition) is 7. The summed E-state index contributed by atoms with van der Waals surface area (Å²) in [5, 5.41) is 21.1. The SMILES string of the molecule is O=C(NN1C(=O)C(=Cc2cccc(O)c2)SC1=S)c1ccc([N+](=O)[O-])cc1. The van der Waals surface area contributed by atoms with Crippen LogP contribution in [0.25, 0.3) is 6.08 Å². The number of nitrogens with one attached hydrogen (secondary N) is 1. The fraction of sp³-hybridized carbons (Fsp3) is 0. The number of amides is 2. The summed E-state index contributed by atoms with van der Waals surface area (Å²) in [6, 6.07) is 11.3. The minimum atomic E-state index is -0.625. The average Bonchev–Trinajstić information content (AvgIpc) is 2.89. The second-order valence-corrected chi connectivity index (χ2v) is 7.03. The van der Waals surface area contributed by atoms with Gasteiger partial charge in [-0.2, -0.15) is 5.01 Å². The molecule has 1 fully saturated rings. The van der Waals surface area contributed by atoms with Crippen molar-refractivity contribution in [3.63, 3.8) is 0 Å². The van der Waals surface area contributed by atoms with Crippen molar-refractivity contribution in [3.05, 3.63) is 74.7 Å². The molecule has 2 aromatic carbocycles. The Morgan fingerprint density at radius 2 is 1.96 bits per heavy atom. The van der Waals surface area contributed by atoms with Crippen molar-refractivity contribution in [1.82, 2.24) is 10.4 Å². The van der Waals surface area contributed by atoms with Gasteiger partial charge in [0.1, 0.15) is 5.75 Å².